The first-order valence-corrected chi connectivity index (χ1v) is 11.3. The van der Waals surface area contributed by atoms with Crippen LogP contribution in [0.2, 0.25) is 0 Å². The van der Waals surface area contributed by atoms with Crippen LogP contribution < -0.4 is 10.0 Å². The van der Waals surface area contributed by atoms with Crippen LogP contribution in [-0.4, -0.2) is 20.9 Å². The van der Waals surface area contributed by atoms with Gasteiger partial charge in [-0.2, -0.15) is 0 Å². The van der Waals surface area contributed by atoms with Crippen molar-refractivity contribution >= 4 is 37.5 Å². The van der Waals surface area contributed by atoms with E-state index in [0.29, 0.717) is 24.2 Å². The Kier molecular flexibility index (Phi) is 6.84. The van der Waals surface area contributed by atoms with Crippen molar-refractivity contribution in [3.05, 3.63) is 94.0 Å². The van der Waals surface area contributed by atoms with Gasteiger partial charge < -0.3 is 5.32 Å². The van der Waals surface area contributed by atoms with Gasteiger partial charge in [0.2, 0.25) is 10.0 Å². The largest absolute Gasteiger partial charge is 0.322 e. The molecule has 0 heterocycles. The first-order chi connectivity index (χ1) is 13.8. The summed E-state index contributed by atoms with van der Waals surface area (Å²) >= 11 is 3.41. The first kappa shape index (κ1) is 21.2. The van der Waals surface area contributed by atoms with E-state index in [2.05, 4.69) is 26.0 Å². The van der Waals surface area contributed by atoms with Gasteiger partial charge in [-0.3, -0.25) is 4.79 Å². The van der Waals surface area contributed by atoms with E-state index in [1.165, 1.54) is 12.1 Å². The fourth-order valence-corrected chi connectivity index (χ4v) is 4.12. The molecule has 0 bridgehead atoms. The minimum absolute atomic E-state index is 0.154. The molecule has 0 fully saturated rings. The summed E-state index contributed by atoms with van der Waals surface area (Å²) in [7, 11) is -3.61. The molecule has 0 saturated carbocycles. The van der Waals surface area contributed by atoms with E-state index in [4.69, 9.17) is 0 Å². The van der Waals surface area contributed by atoms with Gasteiger partial charge >= 0.3 is 0 Å². The highest BCUT2D eigenvalue weighted by atomic mass is 79.9. The molecular weight excluding hydrogens is 452 g/mol. The highest BCUT2D eigenvalue weighted by molar-refractivity contribution is 9.10. The molecule has 0 unspecified atom stereocenters. The average Bonchev–Trinajstić information content (AvgIpc) is 2.71. The second kappa shape index (κ2) is 9.35. The predicted molar refractivity (Wildman–Crippen MR) is 119 cm³/mol. The normalized spacial score (nSPS) is 11.2. The molecule has 29 heavy (non-hydrogen) atoms. The smallest absolute Gasteiger partial charge is 0.255 e. The Morgan fingerprint density at radius 2 is 1.66 bits per heavy atom. The molecule has 2 N–H and O–H groups in total. The maximum absolute atomic E-state index is 12.4. The number of nitrogens with one attached hydrogen (secondary N) is 2. The van der Waals surface area contributed by atoms with E-state index in [1.54, 1.807) is 24.3 Å². The summed E-state index contributed by atoms with van der Waals surface area (Å²) in [6.07, 6.45) is 0.611. The fraction of sp³-hybridized carbons (Fsp3) is 0.136. The number of sulfonamides is 1. The Labute approximate surface area is 179 Å². The average molecular weight is 473 g/mol. The van der Waals surface area contributed by atoms with Gasteiger partial charge in [-0.1, -0.05) is 52.3 Å². The summed E-state index contributed by atoms with van der Waals surface area (Å²) in [6.45, 7) is 2.26. The molecule has 7 heteroatoms. The zero-order valence-corrected chi connectivity index (χ0v) is 18.3. The van der Waals surface area contributed by atoms with Crippen molar-refractivity contribution in [2.45, 2.75) is 18.2 Å². The van der Waals surface area contributed by atoms with Crippen LogP contribution in [0.1, 0.15) is 21.5 Å². The topological polar surface area (TPSA) is 75.3 Å². The number of hydrogen-bond donors (Lipinski definition) is 2. The molecule has 5 nitrogen and oxygen atoms in total. The molecule has 0 saturated heterocycles. The number of rotatable bonds is 7. The summed E-state index contributed by atoms with van der Waals surface area (Å²) in [5.74, 6) is -0.262. The molecule has 0 spiro atoms. The Hall–Kier alpha value is -2.48. The van der Waals surface area contributed by atoms with Crippen LogP contribution in [0.5, 0.6) is 0 Å². The lowest BCUT2D eigenvalue weighted by Crippen LogP contribution is -2.26. The lowest BCUT2D eigenvalue weighted by atomic mass is 10.1. The Balaban J connectivity index is 1.61. The molecule has 0 atom stereocenters. The summed E-state index contributed by atoms with van der Waals surface area (Å²) in [6, 6.07) is 21.1. The second-order valence-electron chi connectivity index (χ2n) is 6.58. The Morgan fingerprint density at radius 1 is 0.966 bits per heavy atom. The standard InChI is InChI=1S/C22H21BrN2O3S/c1-16-7-8-18(15-21(16)23)22(26)25-19-9-11-20(12-10-19)29(27,28)24-14-13-17-5-3-2-4-6-17/h2-12,15,24H,13-14H2,1H3,(H,25,26). The molecule has 0 aromatic heterocycles. The summed E-state index contributed by atoms with van der Waals surface area (Å²) in [4.78, 5) is 12.5. The van der Waals surface area contributed by atoms with Crippen molar-refractivity contribution in [1.29, 1.82) is 0 Å². The highest BCUT2D eigenvalue weighted by Crippen LogP contribution is 2.19. The first-order valence-electron chi connectivity index (χ1n) is 9.06. The van der Waals surface area contributed by atoms with Gasteiger partial charge in [0.25, 0.3) is 5.91 Å². The van der Waals surface area contributed by atoms with Crippen LogP contribution in [0, 0.1) is 6.92 Å². The number of benzene rings is 3. The third kappa shape index (κ3) is 5.76. The molecule has 0 aliphatic rings. The van der Waals surface area contributed by atoms with E-state index in [0.717, 1.165) is 15.6 Å². The number of amides is 1. The van der Waals surface area contributed by atoms with Gasteiger partial charge in [0.15, 0.2) is 0 Å². The number of halogens is 1. The zero-order chi connectivity index (χ0) is 20.9. The van der Waals surface area contributed by atoms with E-state index in [1.807, 2.05) is 43.3 Å². The molecule has 0 aliphatic heterocycles. The quantitative estimate of drug-likeness (QED) is 0.530. The molecule has 3 aromatic rings. The van der Waals surface area contributed by atoms with Gasteiger partial charge in [-0.25, -0.2) is 13.1 Å². The van der Waals surface area contributed by atoms with Gasteiger partial charge in [0.1, 0.15) is 0 Å². The predicted octanol–water partition coefficient (Wildman–Crippen LogP) is 4.53. The number of carbonyl (C=O) groups excluding carboxylic acids is 1. The molecule has 1 amide bonds. The second-order valence-corrected chi connectivity index (χ2v) is 9.20. The number of carbonyl (C=O) groups is 1. The molecule has 0 aliphatic carbocycles. The molecule has 3 rings (SSSR count). The molecule has 150 valence electrons. The number of hydrogen-bond acceptors (Lipinski definition) is 3. The zero-order valence-electron chi connectivity index (χ0n) is 15.9. The van der Waals surface area contributed by atoms with E-state index < -0.39 is 10.0 Å². The molecule has 3 aromatic carbocycles. The number of aryl methyl sites for hydroxylation is 1. The lowest BCUT2D eigenvalue weighted by molar-refractivity contribution is 0.102. The van der Waals surface area contributed by atoms with E-state index in [9.17, 15) is 13.2 Å². The van der Waals surface area contributed by atoms with Crippen molar-refractivity contribution in [3.63, 3.8) is 0 Å². The van der Waals surface area contributed by atoms with Gasteiger partial charge in [-0.15, -0.1) is 0 Å². The van der Waals surface area contributed by atoms with Crippen molar-refractivity contribution in [1.82, 2.24) is 4.72 Å². The van der Waals surface area contributed by atoms with E-state index in [-0.39, 0.29) is 10.8 Å². The molecular formula is C22H21BrN2O3S. The van der Waals surface area contributed by atoms with Crippen LogP contribution in [-0.2, 0) is 16.4 Å². The Bertz CT molecular complexity index is 1100. The van der Waals surface area contributed by atoms with Crippen molar-refractivity contribution in [2.24, 2.45) is 0 Å². The summed E-state index contributed by atoms with van der Waals surface area (Å²) < 4.78 is 28.3. The lowest BCUT2D eigenvalue weighted by Gasteiger charge is -2.09. The Morgan fingerprint density at radius 3 is 2.31 bits per heavy atom. The van der Waals surface area contributed by atoms with Crippen molar-refractivity contribution in [2.75, 3.05) is 11.9 Å². The summed E-state index contributed by atoms with van der Waals surface area (Å²) in [5, 5.41) is 2.77. The van der Waals surface area contributed by atoms with Gasteiger partial charge in [-0.05, 0) is 60.9 Å². The third-order valence-electron chi connectivity index (χ3n) is 4.41. The highest BCUT2D eigenvalue weighted by Gasteiger charge is 2.14. The van der Waals surface area contributed by atoms with Crippen LogP contribution in [0.25, 0.3) is 0 Å². The SMILES string of the molecule is Cc1ccc(C(=O)Nc2ccc(S(=O)(=O)NCCc3ccccc3)cc2)cc1Br. The van der Waals surface area contributed by atoms with Crippen molar-refractivity contribution < 1.29 is 13.2 Å². The fourth-order valence-electron chi connectivity index (χ4n) is 2.71. The summed E-state index contributed by atoms with van der Waals surface area (Å²) in [5.41, 5.74) is 3.14. The van der Waals surface area contributed by atoms with Crippen LogP contribution in [0.15, 0.2) is 82.2 Å². The monoisotopic (exact) mass is 472 g/mol. The third-order valence-corrected chi connectivity index (χ3v) is 6.74. The van der Waals surface area contributed by atoms with Gasteiger partial charge in [0, 0.05) is 22.3 Å². The minimum atomic E-state index is -3.61. The van der Waals surface area contributed by atoms with Crippen LogP contribution in [0.3, 0.4) is 0 Å². The maximum atomic E-state index is 12.4. The maximum Gasteiger partial charge on any atom is 0.255 e. The van der Waals surface area contributed by atoms with Crippen LogP contribution >= 0.6 is 15.9 Å². The number of anilines is 1. The molecule has 0 radical (unpaired) electrons. The van der Waals surface area contributed by atoms with Crippen LogP contribution in [0.4, 0.5) is 5.69 Å². The minimum Gasteiger partial charge on any atom is -0.322 e. The van der Waals surface area contributed by atoms with Gasteiger partial charge in [0.05, 0.1) is 4.90 Å². The van der Waals surface area contributed by atoms with Crippen molar-refractivity contribution in [3.8, 4) is 0 Å². The van der Waals surface area contributed by atoms with E-state index >= 15 is 0 Å².